The maximum atomic E-state index is 12.4. The lowest BCUT2D eigenvalue weighted by molar-refractivity contribution is -0.134. The van der Waals surface area contributed by atoms with Gasteiger partial charge in [-0.15, -0.1) is 0 Å². The number of ether oxygens (including phenoxy) is 1. The van der Waals surface area contributed by atoms with E-state index < -0.39 is 18.6 Å². The van der Waals surface area contributed by atoms with E-state index in [9.17, 15) is 18.0 Å². The Bertz CT molecular complexity index is 461. The Balaban J connectivity index is 2.39. The topological polar surface area (TPSA) is 29.5 Å². The van der Waals surface area contributed by atoms with Gasteiger partial charge in [-0.25, -0.2) is 0 Å². The highest BCUT2D eigenvalue weighted by atomic mass is 127. The average molecular weight is 357 g/mol. The monoisotopic (exact) mass is 357 g/mol. The third-order valence-electron chi connectivity index (χ3n) is 2.20. The van der Waals surface area contributed by atoms with Crippen LogP contribution in [0, 0.1) is 3.57 Å². The molecule has 1 amide bonds. The van der Waals surface area contributed by atoms with Crippen molar-refractivity contribution in [3.63, 3.8) is 0 Å². The lowest BCUT2D eigenvalue weighted by Crippen LogP contribution is -2.44. The largest absolute Gasteiger partial charge is 0.482 e. The lowest BCUT2D eigenvalue weighted by Gasteiger charge is -2.30. The van der Waals surface area contributed by atoms with E-state index in [1.54, 1.807) is 12.1 Å². The highest BCUT2D eigenvalue weighted by molar-refractivity contribution is 14.1. The van der Waals surface area contributed by atoms with Crippen molar-refractivity contribution < 1.29 is 22.7 Å². The predicted molar refractivity (Wildman–Crippen MR) is 63.1 cm³/mol. The van der Waals surface area contributed by atoms with Gasteiger partial charge in [0.2, 0.25) is 0 Å². The number of anilines is 1. The minimum absolute atomic E-state index is 0.172. The lowest BCUT2D eigenvalue weighted by atomic mass is 10.2. The van der Waals surface area contributed by atoms with Crippen molar-refractivity contribution in [1.82, 2.24) is 0 Å². The number of hydrogen-bond donors (Lipinski definition) is 0. The van der Waals surface area contributed by atoms with Gasteiger partial charge in [0.05, 0.1) is 5.69 Å². The molecule has 7 heteroatoms. The highest BCUT2D eigenvalue weighted by Gasteiger charge is 2.36. The normalized spacial score (nSPS) is 15.5. The van der Waals surface area contributed by atoms with Crippen molar-refractivity contribution in [2.24, 2.45) is 0 Å². The molecule has 0 saturated heterocycles. The minimum Gasteiger partial charge on any atom is -0.482 e. The molecule has 0 bridgehead atoms. The molecule has 1 aliphatic heterocycles. The number of fused-ring (bicyclic) bond motifs is 1. The van der Waals surface area contributed by atoms with Crippen LogP contribution < -0.4 is 9.64 Å². The fourth-order valence-corrected chi connectivity index (χ4v) is 2.00. The van der Waals surface area contributed by atoms with Crippen molar-refractivity contribution in [3.05, 3.63) is 21.8 Å². The second-order valence-electron chi connectivity index (χ2n) is 3.50. The highest BCUT2D eigenvalue weighted by Crippen LogP contribution is 2.35. The van der Waals surface area contributed by atoms with Gasteiger partial charge in [-0.05, 0) is 40.8 Å². The molecule has 0 N–H and O–H groups in total. The van der Waals surface area contributed by atoms with Crippen LogP contribution in [-0.4, -0.2) is 25.2 Å². The Hall–Kier alpha value is -0.990. The summed E-state index contributed by atoms with van der Waals surface area (Å²) >= 11 is 1.97. The molecule has 92 valence electrons. The fourth-order valence-electron chi connectivity index (χ4n) is 1.53. The molecule has 3 nitrogen and oxygen atoms in total. The van der Waals surface area contributed by atoms with Gasteiger partial charge < -0.3 is 4.74 Å². The van der Waals surface area contributed by atoms with Gasteiger partial charge in [-0.1, -0.05) is 0 Å². The van der Waals surface area contributed by atoms with Crippen molar-refractivity contribution >= 4 is 34.2 Å². The number of benzene rings is 1. The van der Waals surface area contributed by atoms with Gasteiger partial charge in [0.1, 0.15) is 12.3 Å². The standard InChI is InChI=1S/C10H7F3INO2/c11-10(12,13)5-15-7-3-6(14)1-2-8(7)17-4-9(15)16/h1-3H,4-5H2. The van der Waals surface area contributed by atoms with Crippen molar-refractivity contribution in [2.45, 2.75) is 6.18 Å². The number of rotatable bonds is 1. The number of halogens is 4. The van der Waals surface area contributed by atoms with Crippen LogP contribution in [0.4, 0.5) is 18.9 Å². The summed E-state index contributed by atoms with van der Waals surface area (Å²) in [6, 6.07) is 4.77. The molecule has 1 aliphatic rings. The number of nitrogens with zero attached hydrogens (tertiary/aromatic N) is 1. The van der Waals surface area contributed by atoms with Gasteiger partial charge in [-0.3, -0.25) is 9.69 Å². The molecule has 0 spiro atoms. The van der Waals surface area contributed by atoms with Gasteiger partial charge in [-0.2, -0.15) is 13.2 Å². The van der Waals surface area contributed by atoms with E-state index in [0.717, 1.165) is 3.57 Å². The van der Waals surface area contributed by atoms with Crippen LogP contribution in [0.1, 0.15) is 0 Å². The summed E-state index contributed by atoms with van der Waals surface area (Å²) in [7, 11) is 0. The molecule has 0 saturated carbocycles. The average Bonchev–Trinajstić information content (AvgIpc) is 2.21. The van der Waals surface area contributed by atoms with Crippen molar-refractivity contribution in [2.75, 3.05) is 18.1 Å². The molecule has 17 heavy (non-hydrogen) atoms. The van der Waals surface area contributed by atoms with E-state index in [2.05, 4.69) is 0 Å². The Morgan fingerprint density at radius 2 is 2.12 bits per heavy atom. The fraction of sp³-hybridized carbons (Fsp3) is 0.300. The molecule has 0 aromatic heterocycles. The zero-order chi connectivity index (χ0) is 12.6. The van der Waals surface area contributed by atoms with E-state index in [0.29, 0.717) is 10.6 Å². The Kier molecular flexibility index (Phi) is 3.19. The van der Waals surface area contributed by atoms with Crippen molar-refractivity contribution in [1.29, 1.82) is 0 Å². The van der Waals surface area contributed by atoms with Crippen LogP contribution in [0.3, 0.4) is 0 Å². The first-order chi connectivity index (χ1) is 7.87. The molecule has 0 atom stereocenters. The Morgan fingerprint density at radius 3 is 2.76 bits per heavy atom. The zero-order valence-corrected chi connectivity index (χ0v) is 10.6. The maximum absolute atomic E-state index is 12.4. The first kappa shape index (κ1) is 12.5. The molecule has 1 heterocycles. The Morgan fingerprint density at radius 1 is 1.41 bits per heavy atom. The van der Waals surface area contributed by atoms with Gasteiger partial charge in [0.25, 0.3) is 5.91 Å². The summed E-state index contributed by atoms with van der Waals surface area (Å²) in [5, 5.41) is 0. The number of hydrogen-bond acceptors (Lipinski definition) is 2. The molecule has 0 aliphatic carbocycles. The molecular weight excluding hydrogens is 350 g/mol. The minimum atomic E-state index is -4.43. The first-order valence-electron chi connectivity index (χ1n) is 4.66. The first-order valence-corrected chi connectivity index (χ1v) is 5.74. The molecule has 1 aromatic carbocycles. The summed E-state index contributed by atoms with van der Waals surface area (Å²) in [6.07, 6.45) is -4.43. The van der Waals surface area contributed by atoms with Crippen LogP contribution in [0.15, 0.2) is 18.2 Å². The van der Waals surface area contributed by atoms with E-state index in [1.165, 1.54) is 6.07 Å². The van der Waals surface area contributed by atoms with Crippen LogP contribution in [0.25, 0.3) is 0 Å². The summed E-state index contributed by atoms with van der Waals surface area (Å²) in [6.45, 7) is -1.65. The summed E-state index contributed by atoms with van der Waals surface area (Å²) in [5.41, 5.74) is 0.172. The molecule has 0 unspecified atom stereocenters. The number of alkyl halides is 3. The number of carbonyl (C=O) groups excluding carboxylic acids is 1. The van der Waals surface area contributed by atoms with E-state index >= 15 is 0 Å². The Labute approximate surface area is 109 Å². The molecular formula is C10H7F3INO2. The second kappa shape index (κ2) is 4.35. The number of carbonyl (C=O) groups is 1. The van der Waals surface area contributed by atoms with Crippen LogP contribution >= 0.6 is 22.6 Å². The second-order valence-corrected chi connectivity index (χ2v) is 4.74. The molecule has 0 fully saturated rings. The van der Waals surface area contributed by atoms with Crippen molar-refractivity contribution in [3.8, 4) is 5.75 Å². The molecule has 2 rings (SSSR count). The maximum Gasteiger partial charge on any atom is 0.406 e. The SMILES string of the molecule is O=C1COc2ccc(I)cc2N1CC(F)(F)F. The molecule has 1 aromatic rings. The molecule has 0 radical (unpaired) electrons. The number of amides is 1. The summed E-state index contributed by atoms with van der Waals surface area (Å²) < 4.78 is 42.9. The third-order valence-corrected chi connectivity index (χ3v) is 2.87. The van der Waals surface area contributed by atoms with E-state index in [1.807, 2.05) is 22.6 Å². The quantitative estimate of drug-likeness (QED) is 0.724. The smallest absolute Gasteiger partial charge is 0.406 e. The summed E-state index contributed by atoms with van der Waals surface area (Å²) in [4.78, 5) is 12.2. The van der Waals surface area contributed by atoms with E-state index in [-0.39, 0.29) is 12.3 Å². The zero-order valence-electron chi connectivity index (χ0n) is 8.42. The van der Waals surface area contributed by atoms with Gasteiger partial charge in [0, 0.05) is 3.57 Å². The van der Waals surface area contributed by atoms with Gasteiger partial charge in [0.15, 0.2) is 6.61 Å². The van der Waals surface area contributed by atoms with Crippen LogP contribution in [0.2, 0.25) is 0 Å². The van der Waals surface area contributed by atoms with Crippen LogP contribution in [-0.2, 0) is 4.79 Å². The predicted octanol–water partition coefficient (Wildman–Crippen LogP) is 2.58. The van der Waals surface area contributed by atoms with Crippen LogP contribution in [0.5, 0.6) is 5.75 Å². The summed E-state index contributed by atoms with van der Waals surface area (Å²) in [5.74, 6) is -0.383. The van der Waals surface area contributed by atoms with E-state index in [4.69, 9.17) is 4.74 Å². The van der Waals surface area contributed by atoms with Gasteiger partial charge >= 0.3 is 6.18 Å². The third kappa shape index (κ3) is 2.82.